The normalized spacial score (nSPS) is 9.50. The fraction of sp³-hybridized carbons (Fsp3) is 0.917. The second-order valence-electron chi connectivity index (χ2n) is 3.33. The van der Waals surface area contributed by atoms with Crippen LogP contribution in [-0.2, 0) is 4.79 Å². The van der Waals surface area contributed by atoms with E-state index in [0.29, 0.717) is 6.42 Å². The number of halogens is 3. The van der Waals surface area contributed by atoms with Crippen LogP contribution in [-0.4, -0.2) is 12.0 Å². The van der Waals surface area contributed by atoms with Gasteiger partial charge in [-0.15, -0.1) is 0 Å². The van der Waals surface area contributed by atoms with E-state index in [2.05, 4.69) is 0 Å². The number of Topliss-reactive ketones (excluding diaryl/α,β-unsaturated/α-hetero) is 1. The number of hydrogen-bond acceptors (Lipinski definition) is 1. The SMILES string of the molecule is CC.CC(C)=O.CCCCCCC(F)(F)F. The van der Waals surface area contributed by atoms with Crippen molar-refractivity contribution in [1.29, 1.82) is 0 Å². The topological polar surface area (TPSA) is 17.1 Å². The first-order valence-corrected chi connectivity index (χ1v) is 5.83. The van der Waals surface area contributed by atoms with Crippen LogP contribution < -0.4 is 0 Å². The lowest BCUT2D eigenvalue weighted by molar-refractivity contribution is -0.135. The summed E-state index contributed by atoms with van der Waals surface area (Å²) < 4.78 is 34.4. The summed E-state index contributed by atoms with van der Waals surface area (Å²) >= 11 is 0. The molecule has 0 aromatic carbocycles. The number of carbonyl (C=O) groups excluding carboxylic acids is 1. The molecule has 0 heterocycles. The first-order chi connectivity index (χ1) is 7.29. The third-order valence-corrected chi connectivity index (χ3v) is 1.31. The molecular formula is C12H25F3O. The summed E-state index contributed by atoms with van der Waals surface area (Å²) in [7, 11) is 0. The van der Waals surface area contributed by atoms with Crippen molar-refractivity contribution >= 4 is 5.78 Å². The van der Waals surface area contributed by atoms with Gasteiger partial charge < -0.3 is 4.79 Å². The van der Waals surface area contributed by atoms with Crippen LogP contribution in [0.2, 0.25) is 0 Å². The molecule has 0 aliphatic carbocycles. The van der Waals surface area contributed by atoms with Crippen molar-refractivity contribution in [1.82, 2.24) is 0 Å². The Morgan fingerprint density at radius 2 is 1.38 bits per heavy atom. The second kappa shape index (κ2) is 14.5. The third-order valence-electron chi connectivity index (χ3n) is 1.31. The van der Waals surface area contributed by atoms with E-state index in [9.17, 15) is 18.0 Å². The standard InChI is InChI=1S/C7H13F3.C3H6O.C2H6/c1-2-3-4-5-6-7(8,9)10;1-3(2)4;1-2/h2-6H2,1H3;1-2H3;1-2H3. The maximum Gasteiger partial charge on any atom is 0.389 e. The van der Waals surface area contributed by atoms with Gasteiger partial charge in [0.1, 0.15) is 5.78 Å². The van der Waals surface area contributed by atoms with Gasteiger partial charge in [0.15, 0.2) is 0 Å². The molecule has 0 fully saturated rings. The maximum absolute atomic E-state index is 11.5. The first kappa shape index (κ1) is 20.8. The minimum atomic E-state index is -3.95. The highest BCUT2D eigenvalue weighted by molar-refractivity contribution is 5.72. The lowest BCUT2D eigenvalue weighted by atomic mass is 10.1. The van der Waals surface area contributed by atoms with E-state index in [1.54, 1.807) is 0 Å². The van der Waals surface area contributed by atoms with Crippen molar-refractivity contribution < 1.29 is 18.0 Å². The van der Waals surface area contributed by atoms with Gasteiger partial charge in [-0.05, 0) is 20.3 Å². The Morgan fingerprint density at radius 1 is 1.00 bits per heavy atom. The van der Waals surface area contributed by atoms with Crippen LogP contribution in [0.15, 0.2) is 0 Å². The highest BCUT2D eigenvalue weighted by Gasteiger charge is 2.25. The number of alkyl halides is 3. The van der Waals surface area contributed by atoms with Crippen molar-refractivity contribution in [3.8, 4) is 0 Å². The van der Waals surface area contributed by atoms with E-state index in [1.807, 2.05) is 20.8 Å². The van der Waals surface area contributed by atoms with Crippen LogP contribution in [0.5, 0.6) is 0 Å². The van der Waals surface area contributed by atoms with E-state index >= 15 is 0 Å². The van der Waals surface area contributed by atoms with Crippen molar-refractivity contribution in [2.24, 2.45) is 0 Å². The molecule has 0 aromatic heterocycles. The molecule has 0 rings (SSSR count). The van der Waals surface area contributed by atoms with E-state index in [0.717, 1.165) is 12.8 Å². The Bertz CT molecular complexity index is 138. The molecule has 0 spiro atoms. The van der Waals surface area contributed by atoms with Crippen molar-refractivity contribution in [3.63, 3.8) is 0 Å². The van der Waals surface area contributed by atoms with Crippen LogP contribution in [0, 0.1) is 0 Å². The molecule has 1 nitrogen and oxygen atoms in total. The average Bonchev–Trinajstić information content (AvgIpc) is 2.13. The largest absolute Gasteiger partial charge is 0.389 e. The number of rotatable bonds is 4. The number of unbranched alkanes of at least 4 members (excludes halogenated alkanes) is 3. The van der Waals surface area contributed by atoms with E-state index in [1.165, 1.54) is 13.8 Å². The molecule has 0 amide bonds. The Balaban J connectivity index is -0.000000237. The van der Waals surface area contributed by atoms with Crippen LogP contribution in [0.4, 0.5) is 13.2 Å². The number of hydrogen-bond donors (Lipinski definition) is 0. The number of ketones is 1. The Morgan fingerprint density at radius 3 is 1.62 bits per heavy atom. The van der Waals surface area contributed by atoms with E-state index < -0.39 is 12.6 Å². The second-order valence-corrected chi connectivity index (χ2v) is 3.33. The summed E-state index contributed by atoms with van der Waals surface area (Å²) in [5.41, 5.74) is 0. The molecule has 16 heavy (non-hydrogen) atoms. The molecule has 4 heteroatoms. The average molecular weight is 242 g/mol. The highest BCUT2D eigenvalue weighted by atomic mass is 19.4. The van der Waals surface area contributed by atoms with Gasteiger partial charge in [0.2, 0.25) is 0 Å². The zero-order valence-corrected chi connectivity index (χ0v) is 11.1. The molecule has 0 aliphatic heterocycles. The molecule has 0 saturated heterocycles. The predicted octanol–water partition coefficient (Wildman–Crippen LogP) is 5.14. The minimum Gasteiger partial charge on any atom is -0.300 e. The summed E-state index contributed by atoms with van der Waals surface area (Å²) in [6, 6.07) is 0. The molecule has 0 unspecified atom stereocenters. The zero-order chi connectivity index (χ0) is 13.6. The lowest BCUT2D eigenvalue weighted by Gasteiger charge is -2.03. The quantitative estimate of drug-likeness (QED) is 0.624. The number of carbonyl (C=O) groups is 1. The first-order valence-electron chi connectivity index (χ1n) is 5.83. The molecule has 0 aromatic rings. The molecule has 0 aliphatic rings. The van der Waals surface area contributed by atoms with Crippen LogP contribution in [0.1, 0.15) is 66.7 Å². The van der Waals surface area contributed by atoms with E-state index in [4.69, 9.17) is 0 Å². The molecular weight excluding hydrogens is 217 g/mol. The third kappa shape index (κ3) is 50.1. The predicted molar refractivity (Wildman–Crippen MR) is 62.5 cm³/mol. The molecule has 0 saturated carbocycles. The van der Waals surface area contributed by atoms with Crippen LogP contribution in [0.3, 0.4) is 0 Å². The molecule has 100 valence electrons. The van der Waals surface area contributed by atoms with Crippen LogP contribution >= 0.6 is 0 Å². The van der Waals surface area contributed by atoms with Gasteiger partial charge >= 0.3 is 6.18 Å². The van der Waals surface area contributed by atoms with Gasteiger partial charge in [-0.1, -0.05) is 40.0 Å². The van der Waals surface area contributed by atoms with E-state index in [-0.39, 0.29) is 12.2 Å². The monoisotopic (exact) mass is 242 g/mol. The summed E-state index contributed by atoms with van der Waals surface area (Å²) in [6.07, 6.45) is -1.68. The summed E-state index contributed by atoms with van der Waals surface area (Å²) in [5, 5.41) is 0. The Kier molecular flexibility index (Phi) is 18.8. The fourth-order valence-corrected chi connectivity index (χ4v) is 0.752. The molecule has 0 atom stereocenters. The minimum absolute atomic E-state index is 0.167. The van der Waals surface area contributed by atoms with Gasteiger partial charge in [0.05, 0.1) is 0 Å². The summed E-state index contributed by atoms with van der Waals surface area (Å²) in [6.45, 7) is 9.04. The smallest absolute Gasteiger partial charge is 0.300 e. The van der Waals surface area contributed by atoms with Gasteiger partial charge in [-0.3, -0.25) is 0 Å². The lowest BCUT2D eigenvalue weighted by Crippen LogP contribution is -2.05. The van der Waals surface area contributed by atoms with Crippen molar-refractivity contribution in [2.75, 3.05) is 0 Å². The fourth-order valence-electron chi connectivity index (χ4n) is 0.752. The Labute approximate surface area is 97.4 Å². The molecule has 0 radical (unpaired) electrons. The van der Waals surface area contributed by atoms with Gasteiger partial charge in [-0.25, -0.2) is 0 Å². The molecule has 0 bridgehead atoms. The molecule has 0 N–H and O–H groups in total. The summed E-state index contributed by atoms with van der Waals surface area (Å²) in [4.78, 5) is 9.44. The maximum atomic E-state index is 11.5. The van der Waals surface area contributed by atoms with Gasteiger partial charge in [-0.2, -0.15) is 13.2 Å². The highest BCUT2D eigenvalue weighted by Crippen LogP contribution is 2.22. The summed E-state index contributed by atoms with van der Waals surface area (Å²) in [5.74, 6) is 0.167. The Hall–Kier alpha value is -0.540. The van der Waals surface area contributed by atoms with Crippen molar-refractivity contribution in [3.05, 3.63) is 0 Å². The zero-order valence-electron chi connectivity index (χ0n) is 11.1. The van der Waals surface area contributed by atoms with Crippen LogP contribution in [0.25, 0.3) is 0 Å². The van der Waals surface area contributed by atoms with Gasteiger partial charge in [0, 0.05) is 6.42 Å². The van der Waals surface area contributed by atoms with Gasteiger partial charge in [0.25, 0.3) is 0 Å². The van der Waals surface area contributed by atoms with Crippen molar-refractivity contribution in [2.45, 2.75) is 72.9 Å².